The predicted octanol–water partition coefficient (Wildman–Crippen LogP) is 1.75. The van der Waals surface area contributed by atoms with Crippen molar-refractivity contribution in [2.24, 2.45) is 0 Å². The Morgan fingerprint density at radius 2 is 1.38 bits per heavy atom. The number of rotatable bonds is 2. The van der Waals surface area contributed by atoms with Crippen LogP contribution in [0.15, 0.2) is 0 Å². The van der Waals surface area contributed by atoms with Crippen molar-refractivity contribution in [3.8, 4) is 0 Å². The third-order valence-electron chi connectivity index (χ3n) is 3.15. The summed E-state index contributed by atoms with van der Waals surface area (Å²) in [5.74, 6) is 0. The molecule has 0 amide bonds. The third kappa shape index (κ3) is 4.81. The summed E-state index contributed by atoms with van der Waals surface area (Å²) in [5.41, 5.74) is 0.546. The second-order valence-electron chi connectivity index (χ2n) is 6.86. The number of nitrogens with zero attached hydrogens (tertiary/aromatic N) is 2. The average molecular weight is 227 g/mol. The molecule has 1 aliphatic heterocycles. The Labute approximate surface area is 101 Å². The summed E-state index contributed by atoms with van der Waals surface area (Å²) in [6.45, 7) is 19.3. The molecule has 0 atom stereocenters. The SMILES string of the molecule is CC(C)(C)NCN1CCN(C(C)(C)C)CC1. The highest BCUT2D eigenvalue weighted by Gasteiger charge is 2.25. The van der Waals surface area contributed by atoms with E-state index >= 15 is 0 Å². The van der Waals surface area contributed by atoms with E-state index in [2.05, 4.69) is 56.7 Å². The molecular weight excluding hydrogens is 198 g/mol. The number of hydrogen-bond acceptors (Lipinski definition) is 3. The van der Waals surface area contributed by atoms with Crippen molar-refractivity contribution in [1.29, 1.82) is 0 Å². The van der Waals surface area contributed by atoms with E-state index < -0.39 is 0 Å². The lowest BCUT2D eigenvalue weighted by molar-refractivity contribution is 0.0552. The van der Waals surface area contributed by atoms with E-state index in [4.69, 9.17) is 0 Å². The van der Waals surface area contributed by atoms with Crippen molar-refractivity contribution < 1.29 is 0 Å². The molecule has 1 saturated heterocycles. The van der Waals surface area contributed by atoms with Crippen LogP contribution in [0.25, 0.3) is 0 Å². The van der Waals surface area contributed by atoms with Crippen molar-refractivity contribution in [3.05, 3.63) is 0 Å². The Bertz CT molecular complexity index is 204. The molecule has 0 aromatic rings. The molecule has 1 fully saturated rings. The zero-order valence-electron chi connectivity index (χ0n) is 11.9. The third-order valence-corrected chi connectivity index (χ3v) is 3.15. The van der Waals surface area contributed by atoms with Crippen LogP contribution in [0, 0.1) is 0 Å². The molecule has 0 spiro atoms. The molecule has 0 radical (unpaired) electrons. The largest absolute Gasteiger partial charge is 0.300 e. The quantitative estimate of drug-likeness (QED) is 0.775. The summed E-state index contributed by atoms with van der Waals surface area (Å²) < 4.78 is 0. The van der Waals surface area contributed by atoms with Gasteiger partial charge in [-0.3, -0.25) is 15.1 Å². The zero-order chi connectivity index (χ0) is 12.4. The van der Waals surface area contributed by atoms with E-state index in [1.54, 1.807) is 0 Å². The van der Waals surface area contributed by atoms with Gasteiger partial charge < -0.3 is 0 Å². The lowest BCUT2D eigenvalue weighted by atomic mass is 10.1. The maximum atomic E-state index is 3.55. The average Bonchev–Trinajstić information content (AvgIpc) is 2.13. The normalized spacial score (nSPS) is 21.4. The second kappa shape index (κ2) is 5.03. The van der Waals surface area contributed by atoms with Gasteiger partial charge in [0.05, 0.1) is 0 Å². The van der Waals surface area contributed by atoms with E-state index in [0.29, 0.717) is 5.54 Å². The van der Waals surface area contributed by atoms with Crippen LogP contribution in [0.5, 0.6) is 0 Å². The van der Waals surface area contributed by atoms with Gasteiger partial charge in [0.2, 0.25) is 0 Å². The van der Waals surface area contributed by atoms with Crippen LogP contribution in [-0.2, 0) is 0 Å². The lowest BCUT2D eigenvalue weighted by Crippen LogP contribution is -2.56. The number of piperazine rings is 1. The Kier molecular flexibility index (Phi) is 4.38. The minimum atomic E-state index is 0.223. The van der Waals surface area contributed by atoms with Gasteiger partial charge in [0.15, 0.2) is 0 Å². The van der Waals surface area contributed by atoms with E-state index in [1.165, 1.54) is 26.2 Å². The number of nitrogens with one attached hydrogen (secondary N) is 1. The maximum Gasteiger partial charge on any atom is 0.0485 e. The Morgan fingerprint density at radius 3 is 1.75 bits per heavy atom. The molecule has 1 rings (SSSR count). The molecule has 1 aliphatic rings. The van der Waals surface area contributed by atoms with Gasteiger partial charge in [-0.15, -0.1) is 0 Å². The minimum Gasteiger partial charge on any atom is -0.300 e. The van der Waals surface area contributed by atoms with Crippen LogP contribution in [-0.4, -0.2) is 53.7 Å². The van der Waals surface area contributed by atoms with Crippen LogP contribution >= 0.6 is 0 Å². The second-order valence-corrected chi connectivity index (χ2v) is 6.86. The monoisotopic (exact) mass is 227 g/mol. The van der Waals surface area contributed by atoms with Crippen LogP contribution < -0.4 is 5.32 Å². The van der Waals surface area contributed by atoms with Crippen LogP contribution in [0.1, 0.15) is 41.5 Å². The Hall–Kier alpha value is -0.120. The van der Waals surface area contributed by atoms with Gasteiger partial charge in [0.1, 0.15) is 0 Å². The van der Waals surface area contributed by atoms with Gasteiger partial charge in [-0.05, 0) is 41.5 Å². The smallest absolute Gasteiger partial charge is 0.0485 e. The standard InChI is InChI=1S/C13H29N3/c1-12(2,3)14-11-15-7-9-16(10-8-15)13(4,5)6/h14H,7-11H2,1-6H3. The molecular formula is C13H29N3. The van der Waals surface area contributed by atoms with E-state index in [9.17, 15) is 0 Å². The van der Waals surface area contributed by atoms with Crippen LogP contribution in [0.3, 0.4) is 0 Å². The molecule has 1 heterocycles. The Balaban J connectivity index is 2.28. The van der Waals surface area contributed by atoms with Crippen molar-refractivity contribution >= 4 is 0 Å². The Morgan fingerprint density at radius 1 is 0.875 bits per heavy atom. The highest BCUT2D eigenvalue weighted by Crippen LogP contribution is 2.15. The van der Waals surface area contributed by atoms with E-state index in [0.717, 1.165) is 6.67 Å². The molecule has 16 heavy (non-hydrogen) atoms. The molecule has 0 unspecified atom stereocenters. The minimum absolute atomic E-state index is 0.223. The van der Waals surface area contributed by atoms with Crippen molar-refractivity contribution in [3.63, 3.8) is 0 Å². The van der Waals surface area contributed by atoms with Crippen molar-refractivity contribution in [2.45, 2.75) is 52.6 Å². The van der Waals surface area contributed by atoms with Crippen molar-refractivity contribution in [1.82, 2.24) is 15.1 Å². The molecule has 0 aromatic heterocycles. The van der Waals surface area contributed by atoms with E-state index in [-0.39, 0.29) is 5.54 Å². The molecule has 0 aromatic carbocycles. The van der Waals surface area contributed by atoms with Gasteiger partial charge in [-0.25, -0.2) is 0 Å². The van der Waals surface area contributed by atoms with Gasteiger partial charge in [-0.2, -0.15) is 0 Å². The summed E-state index contributed by atoms with van der Waals surface area (Å²) in [6.07, 6.45) is 0. The first-order chi connectivity index (χ1) is 7.18. The molecule has 3 heteroatoms. The topological polar surface area (TPSA) is 18.5 Å². The van der Waals surface area contributed by atoms with Gasteiger partial charge in [0.25, 0.3) is 0 Å². The number of hydrogen-bond donors (Lipinski definition) is 1. The molecule has 3 nitrogen and oxygen atoms in total. The highest BCUT2D eigenvalue weighted by atomic mass is 15.3. The van der Waals surface area contributed by atoms with E-state index in [1.807, 2.05) is 0 Å². The molecule has 0 saturated carbocycles. The van der Waals surface area contributed by atoms with Gasteiger partial charge in [0, 0.05) is 43.9 Å². The summed E-state index contributed by atoms with van der Waals surface area (Å²) in [5, 5.41) is 3.55. The fourth-order valence-corrected chi connectivity index (χ4v) is 1.93. The summed E-state index contributed by atoms with van der Waals surface area (Å²) in [6, 6.07) is 0. The maximum absolute atomic E-state index is 3.55. The molecule has 0 bridgehead atoms. The first-order valence-corrected chi connectivity index (χ1v) is 6.41. The zero-order valence-corrected chi connectivity index (χ0v) is 11.9. The van der Waals surface area contributed by atoms with Gasteiger partial charge in [-0.1, -0.05) is 0 Å². The first kappa shape index (κ1) is 13.9. The molecule has 0 aliphatic carbocycles. The van der Waals surface area contributed by atoms with Gasteiger partial charge >= 0.3 is 0 Å². The summed E-state index contributed by atoms with van der Waals surface area (Å²) >= 11 is 0. The summed E-state index contributed by atoms with van der Waals surface area (Å²) in [4.78, 5) is 5.08. The van der Waals surface area contributed by atoms with Crippen molar-refractivity contribution in [2.75, 3.05) is 32.8 Å². The predicted molar refractivity (Wildman–Crippen MR) is 70.7 cm³/mol. The lowest BCUT2D eigenvalue weighted by Gasteiger charge is -2.42. The highest BCUT2D eigenvalue weighted by molar-refractivity contribution is 4.82. The summed E-state index contributed by atoms with van der Waals surface area (Å²) in [7, 11) is 0. The van der Waals surface area contributed by atoms with Crippen LogP contribution in [0.2, 0.25) is 0 Å². The fraction of sp³-hybridized carbons (Fsp3) is 1.00. The van der Waals surface area contributed by atoms with Crippen LogP contribution in [0.4, 0.5) is 0 Å². The first-order valence-electron chi connectivity index (χ1n) is 6.41. The molecule has 96 valence electrons. The fourth-order valence-electron chi connectivity index (χ4n) is 1.93. The molecule has 1 N–H and O–H groups in total.